The molecule has 0 aromatic heterocycles. The first-order valence-corrected chi connectivity index (χ1v) is 7.95. The van der Waals surface area contributed by atoms with E-state index in [1.54, 1.807) is 6.07 Å². The van der Waals surface area contributed by atoms with Gasteiger partial charge in [-0.15, -0.1) is 0 Å². The van der Waals surface area contributed by atoms with Crippen LogP contribution in [0.2, 0.25) is 0 Å². The van der Waals surface area contributed by atoms with Gasteiger partial charge >= 0.3 is 5.69 Å². The van der Waals surface area contributed by atoms with Crippen LogP contribution in [0, 0.1) is 10.1 Å². The largest absolute Gasteiger partial charge is 0.481 e. The standard InChI is InChI=1S/C18H20N2O3/c21-20(22)17-11-7-10-16(19-12-5-2-6-13-19)18(17)23-14-15-8-3-1-4-9-15/h1,3-4,7-11H,2,5-6,12-14H2. The zero-order chi connectivity index (χ0) is 16.1. The molecular formula is C18H20N2O3. The number of anilines is 1. The molecule has 0 N–H and O–H groups in total. The highest BCUT2D eigenvalue weighted by Gasteiger charge is 2.23. The van der Waals surface area contributed by atoms with Gasteiger partial charge in [-0.05, 0) is 30.9 Å². The van der Waals surface area contributed by atoms with Crippen molar-refractivity contribution in [2.24, 2.45) is 0 Å². The molecule has 2 aromatic rings. The van der Waals surface area contributed by atoms with E-state index in [1.807, 2.05) is 36.4 Å². The minimum absolute atomic E-state index is 0.0315. The molecule has 0 aliphatic carbocycles. The molecule has 1 saturated heterocycles. The molecular weight excluding hydrogens is 292 g/mol. The Labute approximate surface area is 135 Å². The number of para-hydroxylation sites is 1. The van der Waals surface area contributed by atoms with Gasteiger partial charge in [0.1, 0.15) is 6.61 Å². The molecule has 0 atom stereocenters. The van der Waals surface area contributed by atoms with Crippen LogP contribution in [0.3, 0.4) is 0 Å². The lowest BCUT2D eigenvalue weighted by Gasteiger charge is -2.30. The van der Waals surface area contributed by atoms with Crippen LogP contribution in [0.25, 0.3) is 0 Å². The predicted octanol–water partition coefficient (Wildman–Crippen LogP) is 4.16. The number of nitro benzene ring substituents is 1. The minimum atomic E-state index is -0.367. The highest BCUT2D eigenvalue weighted by atomic mass is 16.6. The van der Waals surface area contributed by atoms with E-state index in [0.29, 0.717) is 12.4 Å². The first-order chi connectivity index (χ1) is 11.3. The van der Waals surface area contributed by atoms with Crippen LogP contribution in [-0.4, -0.2) is 18.0 Å². The maximum Gasteiger partial charge on any atom is 0.313 e. The minimum Gasteiger partial charge on any atom is -0.481 e. The van der Waals surface area contributed by atoms with Crippen LogP contribution >= 0.6 is 0 Å². The smallest absolute Gasteiger partial charge is 0.313 e. The van der Waals surface area contributed by atoms with Crippen molar-refractivity contribution < 1.29 is 9.66 Å². The van der Waals surface area contributed by atoms with Crippen LogP contribution in [0.15, 0.2) is 48.5 Å². The Bertz CT molecular complexity index is 667. The molecule has 1 aliphatic rings. The lowest BCUT2D eigenvalue weighted by Crippen LogP contribution is -2.29. The molecule has 2 aromatic carbocycles. The molecule has 5 heteroatoms. The van der Waals surface area contributed by atoms with Crippen LogP contribution in [0.5, 0.6) is 5.75 Å². The van der Waals surface area contributed by atoms with Crippen LogP contribution in [0.1, 0.15) is 24.8 Å². The lowest BCUT2D eigenvalue weighted by molar-refractivity contribution is -0.385. The number of nitro groups is 1. The average Bonchev–Trinajstić information content (AvgIpc) is 2.61. The van der Waals surface area contributed by atoms with Gasteiger partial charge in [-0.2, -0.15) is 0 Å². The summed E-state index contributed by atoms with van der Waals surface area (Å²) in [5.41, 5.74) is 1.86. The number of hydrogen-bond acceptors (Lipinski definition) is 4. The summed E-state index contributed by atoms with van der Waals surface area (Å²) in [6.07, 6.45) is 3.44. The quantitative estimate of drug-likeness (QED) is 0.614. The number of hydrogen-bond donors (Lipinski definition) is 0. The van der Waals surface area contributed by atoms with E-state index in [2.05, 4.69) is 4.90 Å². The summed E-state index contributed by atoms with van der Waals surface area (Å²) < 4.78 is 5.89. The molecule has 0 bridgehead atoms. The highest BCUT2D eigenvalue weighted by Crippen LogP contribution is 2.38. The molecule has 120 valence electrons. The number of nitrogens with zero attached hydrogens (tertiary/aromatic N) is 2. The van der Waals surface area contributed by atoms with Gasteiger partial charge in [0.15, 0.2) is 0 Å². The topological polar surface area (TPSA) is 55.6 Å². The third kappa shape index (κ3) is 3.62. The van der Waals surface area contributed by atoms with Gasteiger partial charge in [-0.1, -0.05) is 36.4 Å². The van der Waals surface area contributed by atoms with Gasteiger partial charge in [0.2, 0.25) is 5.75 Å². The number of piperidine rings is 1. The van der Waals surface area contributed by atoms with Crippen molar-refractivity contribution in [3.05, 3.63) is 64.2 Å². The molecule has 0 radical (unpaired) electrons. The van der Waals surface area contributed by atoms with Gasteiger partial charge < -0.3 is 9.64 Å². The van der Waals surface area contributed by atoms with Gasteiger partial charge in [-0.3, -0.25) is 10.1 Å². The monoisotopic (exact) mass is 312 g/mol. The molecule has 0 unspecified atom stereocenters. The second kappa shape index (κ2) is 7.13. The van der Waals surface area contributed by atoms with Gasteiger partial charge in [0, 0.05) is 19.2 Å². The van der Waals surface area contributed by atoms with E-state index in [4.69, 9.17) is 4.74 Å². The summed E-state index contributed by atoms with van der Waals surface area (Å²) >= 11 is 0. The predicted molar refractivity (Wildman–Crippen MR) is 89.9 cm³/mol. The van der Waals surface area contributed by atoms with Crippen molar-refractivity contribution in [2.75, 3.05) is 18.0 Å². The molecule has 0 saturated carbocycles. The number of ether oxygens (including phenoxy) is 1. The normalized spacial score (nSPS) is 14.5. The van der Waals surface area contributed by atoms with E-state index >= 15 is 0 Å². The Balaban J connectivity index is 1.89. The van der Waals surface area contributed by atoms with E-state index < -0.39 is 0 Å². The van der Waals surface area contributed by atoms with Crippen LogP contribution in [0.4, 0.5) is 11.4 Å². The van der Waals surface area contributed by atoms with Crippen molar-refractivity contribution in [2.45, 2.75) is 25.9 Å². The molecule has 1 heterocycles. The molecule has 3 rings (SSSR count). The fourth-order valence-corrected chi connectivity index (χ4v) is 2.92. The van der Waals surface area contributed by atoms with Crippen molar-refractivity contribution in [3.8, 4) is 5.75 Å². The third-order valence-electron chi connectivity index (χ3n) is 4.09. The summed E-state index contributed by atoms with van der Waals surface area (Å²) in [5.74, 6) is 0.378. The lowest BCUT2D eigenvalue weighted by atomic mass is 10.1. The Morgan fingerprint density at radius 3 is 2.43 bits per heavy atom. The zero-order valence-electron chi connectivity index (χ0n) is 13.0. The summed E-state index contributed by atoms with van der Waals surface area (Å²) in [6.45, 7) is 2.16. The van der Waals surface area contributed by atoms with Gasteiger partial charge in [0.25, 0.3) is 0 Å². The van der Waals surface area contributed by atoms with E-state index in [1.165, 1.54) is 12.5 Å². The maximum absolute atomic E-state index is 11.4. The molecule has 1 aliphatic heterocycles. The van der Waals surface area contributed by atoms with E-state index in [9.17, 15) is 10.1 Å². The summed E-state index contributed by atoms with van der Waals surface area (Å²) in [4.78, 5) is 13.2. The van der Waals surface area contributed by atoms with Crippen LogP contribution in [-0.2, 0) is 6.61 Å². The molecule has 23 heavy (non-hydrogen) atoms. The second-order valence-electron chi connectivity index (χ2n) is 5.70. The maximum atomic E-state index is 11.4. The molecule has 0 spiro atoms. The highest BCUT2D eigenvalue weighted by molar-refractivity contribution is 5.67. The second-order valence-corrected chi connectivity index (χ2v) is 5.70. The Morgan fingerprint density at radius 2 is 1.74 bits per heavy atom. The van der Waals surface area contributed by atoms with Crippen molar-refractivity contribution in [1.82, 2.24) is 0 Å². The Hall–Kier alpha value is -2.56. The van der Waals surface area contributed by atoms with Gasteiger partial charge in [-0.25, -0.2) is 0 Å². The van der Waals surface area contributed by atoms with E-state index in [0.717, 1.165) is 37.2 Å². The third-order valence-corrected chi connectivity index (χ3v) is 4.09. The molecule has 1 fully saturated rings. The van der Waals surface area contributed by atoms with Crippen molar-refractivity contribution >= 4 is 11.4 Å². The summed E-state index contributed by atoms with van der Waals surface area (Å²) in [6, 6.07) is 14.9. The Kier molecular flexibility index (Phi) is 4.76. The summed E-state index contributed by atoms with van der Waals surface area (Å²) in [5, 5.41) is 11.4. The SMILES string of the molecule is O=[N+]([O-])c1cccc(N2CCCCC2)c1OCc1ccccc1. The zero-order valence-corrected chi connectivity index (χ0v) is 13.0. The summed E-state index contributed by atoms with van der Waals surface area (Å²) in [7, 11) is 0. The van der Waals surface area contributed by atoms with Crippen molar-refractivity contribution in [3.63, 3.8) is 0 Å². The molecule has 5 nitrogen and oxygen atoms in total. The van der Waals surface area contributed by atoms with Crippen LogP contribution < -0.4 is 9.64 Å². The average molecular weight is 312 g/mol. The van der Waals surface area contributed by atoms with Crippen molar-refractivity contribution in [1.29, 1.82) is 0 Å². The number of benzene rings is 2. The van der Waals surface area contributed by atoms with E-state index in [-0.39, 0.29) is 10.6 Å². The first kappa shape index (κ1) is 15.3. The number of rotatable bonds is 5. The van der Waals surface area contributed by atoms with Gasteiger partial charge in [0.05, 0.1) is 10.6 Å². The first-order valence-electron chi connectivity index (χ1n) is 7.95. The Morgan fingerprint density at radius 1 is 1.00 bits per heavy atom. The fourth-order valence-electron chi connectivity index (χ4n) is 2.92. The fraction of sp³-hybridized carbons (Fsp3) is 0.333. The molecule has 0 amide bonds.